The van der Waals surface area contributed by atoms with Gasteiger partial charge >= 0.3 is 5.97 Å². The van der Waals surface area contributed by atoms with Gasteiger partial charge in [-0.15, -0.1) is 0 Å². The maximum Gasteiger partial charge on any atom is 0.305 e. The van der Waals surface area contributed by atoms with Crippen molar-refractivity contribution in [3.63, 3.8) is 0 Å². The van der Waals surface area contributed by atoms with E-state index in [0.717, 1.165) is 5.56 Å². The molecule has 0 fully saturated rings. The van der Waals surface area contributed by atoms with Gasteiger partial charge in [0, 0.05) is 18.7 Å². The Kier molecular flexibility index (Phi) is 7.00. The minimum Gasteiger partial charge on any atom is -0.497 e. The van der Waals surface area contributed by atoms with Crippen molar-refractivity contribution in [1.82, 2.24) is 14.5 Å². The molecule has 10 heteroatoms. The number of halogens is 2. The van der Waals surface area contributed by atoms with Crippen LogP contribution in [0, 0.1) is 0 Å². The minimum atomic E-state index is -1.02. The third-order valence-electron chi connectivity index (χ3n) is 5.16. The summed E-state index contributed by atoms with van der Waals surface area (Å²) < 4.78 is 6.52. The first-order valence-electron chi connectivity index (χ1n) is 10.3. The quantitative estimate of drug-likeness (QED) is 0.357. The van der Waals surface area contributed by atoms with E-state index >= 15 is 0 Å². The van der Waals surface area contributed by atoms with Crippen molar-refractivity contribution in [2.24, 2.45) is 0 Å². The van der Waals surface area contributed by atoms with Crippen molar-refractivity contribution >= 4 is 46.2 Å². The second-order valence-corrected chi connectivity index (χ2v) is 8.25. The second-order valence-electron chi connectivity index (χ2n) is 7.43. The highest BCUT2D eigenvalue weighted by molar-refractivity contribution is 6.42. The van der Waals surface area contributed by atoms with Crippen molar-refractivity contribution in [3.8, 4) is 17.0 Å². The lowest BCUT2D eigenvalue weighted by molar-refractivity contribution is -0.137. The summed E-state index contributed by atoms with van der Waals surface area (Å²) in [5, 5.41) is 13.3. The van der Waals surface area contributed by atoms with E-state index in [4.69, 9.17) is 27.9 Å². The molecule has 34 heavy (non-hydrogen) atoms. The van der Waals surface area contributed by atoms with Crippen LogP contribution < -0.4 is 15.6 Å². The largest absolute Gasteiger partial charge is 0.497 e. The summed E-state index contributed by atoms with van der Waals surface area (Å²) in [6.45, 7) is 0.381. The molecular weight excluding hydrogens is 479 g/mol. The van der Waals surface area contributed by atoms with Gasteiger partial charge in [-0.05, 0) is 54.1 Å². The number of nitrogens with zero attached hydrogens (tertiary/aromatic N) is 3. The first kappa shape index (κ1) is 23.5. The smallest absolute Gasteiger partial charge is 0.305 e. The van der Waals surface area contributed by atoms with Crippen molar-refractivity contribution in [1.29, 1.82) is 0 Å². The Bertz CT molecular complexity index is 1420. The molecule has 0 unspecified atom stereocenters. The van der Waals surface area contributed by atoms with E-state index in [1.807, 2.05) is 6.07 Å². The number of anilines is 1. The van der Waals surface area contributed by atoms with Crippen LogP contribution in [0.2, 0.25) is 10.0 Å². The number of aryl methyl sites for hydroxylation is 1. The topological polar surface area (TPSA) is 106 Å². The molecule has 2 heterocycles. The predicted octanol–water partition coefficient (Wildman–Crippen LogP) is 4.86. The number of carbonyl (C=O) groups is 1. The third kappa shape index (κ3) is 5.13. The number of fused-ring (bicyclic) bond motifs is 1. The van der Waals surface area contributed by atoms with Crippen LogP contribution in [0.15, 0.2) is 59.4 Å². The number of rotatable bonds is 8. The molecule has 4 aromatic rings. The van der Waals surface area contributed by atoms with Gasteiger partial charge in [0.05, 0.1) is 23.6 Å². The molecule has 0 amide bonds. The Morgan fingerprint density at radius 1 is 1.06 bits per heavy atom. The summed E-state index contributed by atoms with van der Waals surface area (Å²) in [6.07, 6.45) is -0.232. The Hall–Kier alpha value is -3.62. The summed E-state index contributed by atoms with van der Waals surface area (Å²) in [7, 11) is 1.56. The summed E-state index contributed by atoms with van der Waals surface area (Å²) in [6, 6.07) is 15.7. The van der Waals surface area contributed by atoms with Crippen molar-refractivity contribution < 1.29 is 14.6 Å². The lowest BCUT2D eigenvalue weighted by Gasteiger charge is -2.13. The molecule has 4 rings (SSSR count). The zero-order valence-corrected chi connectivity index (χ0v) is 19.6. The second kappa shape index (κ2) is 10.1. The molecule has 0 radical (unpaired) electrons. The summed E-state index contributed by atoms with van der Waals surface area (Å²) >= 11 is 12.0. The molecule has 0 aliphatic carbocycles. The number of aromatic nitrogens is 3. The van der Waals surface area contributed by atoms with Crippen molar-refractivity contribution in [2.75, 3.05) is 12.4 Å². The van der Waals surface area contributed by atoms with Gasteiger partial charge in [-0.2, -0.15) is 0 Å². The fourth-order valence-electron chi connectivity index (χ4n) is 3.41. The number of hydrogen-bond acceptors (Lipinski definition) is 6. The minimum absolute atomic E-state index is 0.0421. The average molecular weight is 499 g/mol. The molecule has 0 saturated heterocycles. The van der Waals surface area contributed by atoms with E-state index in [2.05, 4.69) is 15.3 Å². The first-order valence-corrected chi connectivity index (χ1v) is 11.1. The predicted molar refractivity (Wildman–Crippen MR) is 132 cm³/mol. The molecule has 2 N–H and O–H groups in total. The maximum absolute atomic E-state index is 13.3. The molecule has 174 valence electrons. The van der Waals surface area contributed by atoms with Crippen LogP contribution in [0.5, 0.6) is 5.75 Å². The van der Waals surface area contributed by atoms with Gasteiger partial charge in [0.25, 0.3) is 5.56 Å². The Morgan fingerprint density at radius 2 is 1.82 bits per heavy atom. The van der Waals surface area contributed by atoms with E-state index in [0.29, 0.717) is 44.9 Å². The van der Waals surface area contributed by atoms with Gasteiger partial charge in [-0.3, -0.25) is 14.2 Å². The molecule has 0 aliphatic heterocycles. The summed E-state index contributed by atoms with van der Waals surface area (Å²) in [5.74, 6) is 0.132. The third-order valence-corrected chi connectivity index (χ3v) is 5.90. The average Bonchev–Trinajstić information content (AvgIpc) is 2.84. The highest BCUT2D eigenvalue weighted by Gasteiger charge is 2.16. The standard InChI is InChI=1S/C24H20Cl2N4O4/c1-34-16-5-3-15(4-6-16)22-24(33)30(11-10-21(31)32)23-19(28-22)8-9-20(29-23)27-13-14-2-7-17(25)18(26)12-14/h2-9,12H,10-11,13H2,1H3,(H,27,29)(H,31,32). The molecule has 8 nitrogen and oxygen atoms in total. The molecule has 2 aromatic heterocycles. The fraction of sp³-hybridized carbons (Fsp3) is 0.167. The van der Waals surface area contributed by atoms with Crippen molar-refractivity contribution in [2.45, 2.75) is 19.5 Å². The summed E-state index contributed by atoms with van der Waals surface area (Å²) in [4.78, 5) is 33.6. The van der Waals surface area contributed by atoms with Crippen LogP contribution >= 0.6 is 23.2 Å². The van der Waals surface area contributed by atoms with Gasteiger partial charge in [0.2, 0.25) is 0 Å². The zero-order chi connectivity index (χ0) is 24.2. The Morgan fingerprint density at radius 3 is 2.50 bits per heavy atom. The first-order chi connectivity index (χ1) is 16.4. The highest BCUT2D eigenvalue weighted by Crippen LogP contribution is 2.24. The summed E-state index contributed by atoms with van der Waals surface area (Å²) in [5.41, 5.74) is 2.04. The van der Waals surface area contributed by atoms with E-state index < -0.39 is 11.5 Å². The van der Waals surface area contributed by atoms with Gasteiger partial charge in [0.1, 0.15) is 22.8 Å². The number of carboxylic acid groups (broad SMARTS) is 1. The molecule has 2 aromatic carbocycles. The number of carboxylic acids is 1. The lowest BCUT2D eigenvalue weighted by Crippen LogP contribution is -2.25. The van der Waals surface area contributed by atoms with E-state index in [9.17, 15) is 14.7 Å². The van der Waals surface area contributed by atoms with Crippen LogP contribution in [0.3, 0.4) is 0 Å². The van der Waals surface area contributed by atoms with Crippen LogP contribution in [0.4, 0.5) is 5.82 Å². The van der Waals surface area contributed by atoms with Gasteiger partial charge in [0.15, 0.2) is 5.65 Å². The SMILES string of the molecule is COc1ccc(-c2nc3ccc(NCc4ccc(Cl)c(Cl)c4)nc3n(CCC(=O)O)c2=O)cc1. The van der Waals surface area contributed by atoms with Gasteiger partial charge in [-0.25, -0.2) is 9.97 Å². The lowest BCUT2D eigenvalue weighted by atomic mass is 10.1. The normalized spacial score (nSPS) is 10.9. The Balaban J connectivity index is 1.73. The number of benzene rings is 2. The molecule has 0 saturated carbocycles. The van der Waals surface area contributed by atoms with Gasteiger partial charge in [-0.1, -0.05) is 29.3 Å². The van der Waals surface area contributed by atoms with Gasteiger partial charge < -0.3 is 15.2 Å². The molecule has 0 bridgehead atoms. The molecule has 0 spiro atoms. The molecular formula is C24H20Cl2N4O4. The zero-order valence-electron chi connectivity index (χ0n) is 18.1. The van der Waals surface area contributed by atoms with E-state index in [1.165, 1.54) is 4.57 Å². The van der Waals surface area contributed by atoms with Crippen molar-refractivity contribution in [3.05, 3.63) is 80.6 Å². The maximum atomic E-state index is 13.3. The molecule has 0 atom stereocenters. The fourth-order valence-corrected chi connectivity index (χ4v) is 3.73. The van der Waals surface area contributed by atoms with Crippen LogP contribution in [0.25, 0.3) is 22.4 Å². The van der Waals surface area contributed by atoms with E-state index in [-0.39, 0.29) is 18.7 Å². The monoisotopic (exact) mass is 498 g/mol. The molecule has 0 aliphatic rings. The number of ether oxygens (including phenoxy) is 1. The number of aliphatic carboxylic acids is 1. The Labute approximate surface area is 204 Å². The number of nitrogens with one attached hydrogen (secondary N) is 1. The number of pyridine rings is 1. The number of hydrogen-bond donors (Lipinski definition) is 2. The van der Waals surface area contributed by atoms with Crippen LogP contribution in [0.1, 0.15) is 12.0 Å². The van der Waals surface area contributed by atoms with E-state index in [1.54, 1.807) is 55.6 Å². The van der Waals surface area contributed by atoms with Crippen LogP contribution in [-0.4, -0.2) is 32.7 Å². The highest BCUT2D eigenvalue weighted by atomic mass is 35.5. The number of methoxy groups -OCH3 is 1. The van der Waals surface area contributed by atoms with Crippen LogP contribution in [-0.2, 0) is 17.9 Å².